The van der Waals surface area contributed by atoms with Crippen LogP contribution in [0.15, 0.2) is 40.0 Å². The molecule has 4 amide bonds. The van der Waals surface area contributed by atoms with E-state index >= 15 is 0 Å². The van der Waals surface area contributed by atoms with Crippen LogP contribution in [0.1, 0.15) is 23.0 Å². The summed E-state index contributed by atoms with van der Waals surface area (Å²) in [6, 6.07) is 2.09. The number of β-lactam (4-membered cyclic amide) rings is 1. The monoisotopic (exact) mass is 649 g/mol. The summed E-state index contributed by atoms with van der Waals surface area (Å²) in [5, 5.41) is 35.3. The SMILES string of the molecule is CC(=O)OCC1=C(C(=O)O)N2C(=O)C(NC(=O)/C(=N\OCC(=O)NNC(=O)c3ccc(O)c(O)c3)c3csc(N)n3)[C@H]2SC1. The largest absolute Gasteiger partial charge is 0.504 e. The highest BCUT2D eigenvalue weighted by Gasteiger charge is 2.54. The molecule has 8 N–H and O–H groups in total. The molecule has 1 unspecified atom stereocenters. The highest BCUT2D eigenvalue weighted by molar-refractivity contribution is 8.00. The second-order valence-corrected chi connectivity index (χ2v) is 10.9. The van der Waals surface area contributed by atoms with Crippen LogP contribution in [0.5, 0.6) is 11.5 Å². The van der Waals surface area contributed by atoms with Gasteiger partial charge < -0.3 is 35.9 Å². The van der Waals surface area contributed by atoms with Crippen molar-refractivity contribution in [1.29, 1.82) is 0 Å². The molecule has 44 heavy (non-hydrogen) atoms. The number of esters is 1. The van der Waals surface area contributed by atoms with Gasteiger partial charge in [-0.25, -0.2) is 9.78 Å². The Labute approximate surface area is 254 Å². The normalized spacial score (nSPS) is 17.6. The number of hydrogen-bond acceptors (Lipinski definition) is 15. The summed E-state index contributed by atoms with van der Waals surface area (Å²) in [7, 11) is 0. The van der Waals surface area contributed by atoms with E-state index in [2.05, 4.69) is 20.9 Å². The van der Waals surface area contributed by atoms with Crippen LogP contribution >= 0.6 is 23.1 Å². The van der Waals surface area contributed by atoms with E-state index in [1.54, 1.807) is 0 Å². The molecular formula is C24H23N7O11S2. The van der Waals surface area contributed by atoms with Crippen molar-refractivity contribution < 1.29 is 53.7 Å². The molecule has 4 rings (SSSR count). The molecule has 1 saturated heterocycles. The molecule has 2 aliphatic rings. The molecule has 0 spiro atoms. The zero-order valence-corrected chi connectivity index (χ0v) is 24.1. The van der Waals surface area contributed by atoms with Crippen molar-refractivity contribution in [3.8, 4) is 11.5 Å². The van der Waals surface area contributed by atoms with Gasteiger partial charge in [0.15, 0.2) is 28.9 Å². The fraction of sp³-hybridized carbons (Fsp3) is 0.250. The van der Waals surface area contributed by atoms with E-state index in [1.165, 1.54) is 11.4 Å². The topological polar surface area (TPSA) is 272 Å². The number of carboxylic acids is 1. The number of benzene rings is 1. The predicted octanol–water partition coefficient (Wildman–Crippen LogP) is -1.38. The summed E-state index contributed by atoms with van der Waals surface area (Å²) in [6.45, 7) is 0.0640. The van der Waals surface area contributed by atoms with Gasteiger partial charge in [-0.15, -0.1) is 23.1 Å². The number of carbonyl (C=O) groups is 6. The first-order chi connectivity index (χ1) is 20.9. The number of aromatic nitrogens is 1. The number of fused-ring (bicyclic) bond motifs is 1. The summed E-state index contributed by atoms with van der Waals surface area (Å²) in [6.07, 6.45) is 0. The van der Waals surface area contributed by atoms with Crippen LogP contribution in [0.3, 0.4) is 0 Å². The lowest BCUT2D eigenvalue weighted by Gasteiger charge is -2.49. The number of rotatable bonds is 10. The number of phenolic OH excluding ortho intramolecular Hbond substituents is 2. The molecule has 1 aromatic heterocycles. The van der Waals surface area contributed by atoms with Gasteiger partial charge in [0.2, 0.25) is 0 Å². The van der Waals surface area contributed by atoms with Crippen molar-refractivity contribution in [3.63, 3.8) is 0 Å². The van der Waals surface area contributed by atoms with Gasteiger partial charge in [-0.2, -0.15) is 0 Å². The predicted molar refractivity (Wildman–Crippen MR) is 151 cm³/mol. The Kier molecular flexibility index (Phi) is 9.54. The first kappa shape index (κ1) is 31.6. The third-order valence-corrected chi connectivity index (χ3v) is 7.88. The number of aromatic hydroxyl groups is 2. The Hall–Kier alpha value is -5.37. The van der Waals surface area contributed by atoms with E-state index in [4.69, 9.17) is 15.3 Å². The number of aliphatic carboxylic acids is 1. The molecule has 1 fully saturated rings. The summed E-state index contributed by atoms with van der Waals surface area (Å²) in [5.41, 5.74) is 9.07. The number of carbonyl (C=O) groups excluding carboxylic acids is 5. The number of anilines is 1. The number of nitrogens with two attached hydrogens (primary N) is 1. The first-order valence-electron chi connectivity index (χ1n) is 12.2. The number of amides is 4. The van der Waals surface area contributed by atoms with Crippen LogP contribution in [0.2, 0.25) is 0 Å². The number of hydrogen-bond donors (Lipinski definition) is 7. The van der Waals surface area contributed by atoms with Gasteiger partial charge in [-0.3, -0.25) is 39.7 Å². The quantitative estimate of drug-likeness (QED) is 0.0514. The first-order valence-corrected chi connectivity index (χ1v) is 14.2. The second kappa shape index (κ2) is 13.3. The van der Waals surface area contributed by atoms with Crippen LogP contribution < -0.4 is 21.9 Å². The number of oxime groups is 1. The van der Waals surface area contributed by atoms with E-state index in [1.807, 2.05) is 5.43 Å². The smallest absolute Gasteiger partial charge is 0.352 e. The highest BCUT2D eigenvalue weighted by atomic mass is 32.2. The number of thioether (sulfide) groups is 1. The minimum atomic E-state index is -1.40. The number of thiazole rings is 1. The standard InChI is InChI=1S/C24H23N7O11S2/c1-9(32)41-5-11-7-43-22-17(21(38)31(22)18(11)23(39)40)27-20(37)16(12-8-44-24(25)26-12)30-42-6-15(35)28-29-19(36)10-2-3-13(33)14(34)4-10/h2-4,8,17,22,33-34H,5-7H2,1H3,(H2,25,26)(H,27,37)(H,28,35)(H,29,36)(H,39,40)/b30-16-/t17?,22-/m1/s1. The van der Waals surface area contributed by atoms with E-state index in [0.29, 0.717) is 0 Å². The number of hydrazine groups is 1. The third kappa shape index (κ3) is 6.98. The second-order valence-electron chi connectivity index (χ2n) is 8.89. The van der Waals surface area contributed by atoms with Gasteiger partial charge in [0.05, 0.1) is 0 Å². The van der Waals surface area contributed by atoms with Gasteiger partial charge in [0, 0.05) is 29.2 Å². The zero-order chi connectivity index (χ0) is 32.1. The summed E-state index contributed by atoms with van der Waals surface area (Å²) in [5.74, 6) is -6.30. The van der Waals surface area contributed by atoms with E-state index in [-0.39, 0.29) is 40.0 Å². The van der Waals surface area contributed by atoms with Gasteiger partial charge in [-0.05, 0) is 18.2 Å². The average Bonchev–Trinajstić information content (AvgIpc) is 3.41. The Morgan fingerprint density at radius 3 is 2.57 bits per heavy atom. The molecule has 18 nitrogen and oxygen atoms in total. The van der Waals surface area contributed by atoms with Crippen molar-refractivity contribution in [2.24, 2.45) is 5.16 Å². The molecule has 3 heterocycles. The minimum absolute atomic E-state index is 0.0411. The maximum Gasteiger partial charge on any atom is 0.352 e. The molecule has 232 valence electrons. The lowest BCUT2D eigenvalue weighted by Crippen LogP contribution is -2.71. The van der Waals surface area contributed by atoms with E-state index < -0.39 is 70.8 Å². The van der Waals surface area contributed by atoms with Crippen molar-refractivity contribution in [1.82, 2.24) is 26.1 Å². The molecule has 1 aromatic carbocycles. The van der Waals surface area contributed by atoms with Gasteiger partial charge in [0.1, 0.15) is 29.4 Å². The maximum atomic E-state index is 13.2. The van der Waals surface area contributed by atoms with Crippen LogP contribution in [0.4, 0.5) is 5.13 Å². The van der Waals surface area contributed by atoms with Crippen molar-refractivity contribution in [3.05, 3.63) is 46.1 Å². The van der Waals surface area contributed by atoms with Crippen LogP contribution in [0, 0.1) is 0 Å². The fourth-order valence-electron chi connectivity index (χ4n) is 3.85. The Morgan fingerprint density at radius 2 is 1.93 bits per heavy atom. The number of ether oxygens (including phenoxy) is 1. The third-order valence-electron chi connectivity index (χ3n) is 5.87. The highest BCUT2D eigenvalue weighted by Crippen LogP contribution is 2.40. The molecule has 0 aliphatic carbocycles. The van der Waals surface area contributed by atoms with Crippen LogP contribution in [0.25, 0.3) is 0 Å². The molecule has 2 aromatic rings. The molecule has 0 bridgehead atoms. The number of nitrogens with one attached hydrogen (secondary N) is 3. The Morgan fingerprint density at radius 1 is 1.18 bits per heavy atom. The minimum Gasteiger partial charge on any atom is -0.504 e. The Balaban J connectivity index is 1.39. The summed E-state index contributed by atoms with van der Waals surface area (Å²) < 4.78 is 4.89. The average molecular weight is 650 g/mol. The van der Waals surface area contributed by atoms with E-state index in [9.17, 15) is 44.1 Å². The number of nitrogens with zero attached hydrogens (tertiary/aromatic N) is 3. The van der Waals surface area contributed by atoms with Gasteiger partial charge in [-0.1, -0.05) is 5.16 Å². The van der Waals surface area contributed by atoms with E-state index in [0.717, 1.165) is 47.1 Å². The zero-order valence-electron chi connectivity index (χ0n) is 22.4. The fourth-order valence-corrected chi connectivity index (χ4v) is 5.72. The lowest BCUT2D eigenvalue weighted by molar-refractivity contribution is -0.150. The maximum absolute atomic E-state index is 13.2. The molecule has 0 saturated carbocycles. The van der Waals surface area contributed by atoms with Crippen LogP contribution in [-0.4, -0.2) is 96.9 Å². The van der Waals surface area contributed by atoms with Crippen molar-refractivity contribution >= 4 is 69.5 Å². The summed E-state index contributed by atoms with van der Waals surface area (Å²) >= 11 is 2.12. The lowest BCUT2D eigenvalue weighted by atomic mass is 10.0. The Bertz CT molecular complexity index is 1610. The summed E-state index contributed by atoms with van der Waals surface area (Å²) in [4.78, 5) is 83.4. The number of nitrogen functional groups attached to an aromatic ring is 1. The van der Waals surface area contributed by atoms with Crippen molar-refractivity contribution in [2.45, 2.75) is 18.3 Å². The molecular weight excluding hydrogens is 626 g/mol. The van der Waals surface area contributed by atoms with Crippen LogP contribution in [-0.2, 0) is 33.5 Å². The molecule has 0 radical (unpaired) electrons. The molecule has 2 aliphatic heterocycles. The van der Waals surface area contributed by atoms with Gasteiger partial charge >= 0.3 is 11.9 Å². The van der Waals surface area contributed by atoms with Gasteiger partial charge in [0.25, 0.3) is 23.6 Å². The van der Waals surface area contributed by atoms with Crippen molar-refractivity contribution in [2.75, 3.05) is 24.7 Å². The number of phenols is 2. The molecule has 2 atom stereocenters. The number of carboxylic acid groups (broad SMARTS) is 1. The molecule has 20 heteroatoms.